The van der Waals surface area contributed by atoms with Crippen molar-refractivity contribution in [3.63, 3.8) is 0 Å². The standard InChI is InChI=1S/C68H36S3/c1-3-7-59-49(5-1)55-33-41(17-29-61(55)69-59)45-21-9-37-15-27-53-47(23-11-39-13-25-51(45)65(37)67(39)53)43-19-31-63-57(35-43)58-36-44(20-32-64(58)71-63)48-24-12-40-14-26-52-46(22-10-38-16-28-54(48)68(40)66(38)52)42-18-30-62-56(34-42)50-6-2-4-8-60(50)70-62/h1-36H. The Labute approximate surface area is 419 Å². The quantitative estimate of drug-likeness (QED) is 0.154. The van der Waals surface area contributed by atoms with Gasteiger partial charge in [-0.3, -0.25) is 0 Å². The molecule has 326 valence electrons. The van der Waals surface area contributed by atoms with Gasteiger partial charge in [0.25, 0.3) is 0 Å². The molecule has 0 radical (unpaired) electrons. The first-order valence-electron chi connectivity index (χ1n) is 24.4. The lowest BCUT2D eigenvalue weighted by Gasteiger charge is -2.17. The van der Waals surface area contributed by atoms with E-state index in [1.807, 2.05) is 34.0 Å². The molecule has 17 rings (SSSR count). The van der Waals surface area contributed by atoms with E-state index in [9.17, 15) is 0 Å². The summed E-state index contributed by atoms with van der Waals surface area (Å²) < 4.78 is 7.98. The highest BCUT2D eigenvalue weighted by Gasteiger charge is 2.20. The van der Waals surface area contributed by atoms with Gasteiger partial charge in [-0.05, 0) is 170 Å². The number of thiophene rings is 3. The van der Waals surface area contributed by atoms with Crippen LogP contribution in [0.4, 0.5) is 0 Å². The van der Waals surface area contributed by atoms with Crippen molar-refractivity contribution in [2.45, 2.75) is 0 Å². The molecule has 0 aliphatic rings. The van der Waals surface area contributed by atoms with Crippen LogP contribution in [0.15, 0.2) is 218 Å². The highest BCUT2D eigenvalue weighted by atomic mass is 32.1. The van der Waals surface area contributed by atoms with Crippen molar-refractivity contribution in [2.24, 2.45) is 0 Å². The molecule has 3 heterocycles. The van der Waals surface area contributed by atoms with Crippen LogP contribution in [0.5, 0.6) is 0 Å². The smallest absolute Gasteiger partial charge is 0.0355 e. The predicted octanol–water partition coefficient (Wildman–Crippen LogP) is 21.3. The Morgan fingerprint density at radius 3 is 0.746 bits per heavy atom. The molecule has 0 atom stereocenters. The maximum Gasteiger partial charge on any atom is 0.0355 e. The van der Waals surface area contributed by atoms with Crippen LogP contribution in [0.1, 0.15) is 0 Å². The Balaban J connectivity index is 0.798. The largest absolute Gasteiger partial charge is 0.135 e. The maximum absolute atomic E-state index is 2.46. The van der Waals surface area contributed by atoms with Gasteiger partial charge in [0, 0.05) is 60.5 Å². The van der Waals surface area contributed by atoms with Gasteiger partial charge < -0.3 is 0 Å². The monoisotopic (exact) mass is 948 g/mol. The zero-order valence-electron chi connectivity index (χ0n) is 38.0. The van der Waals surface area contributed by atoms with Crippen LogP contribution in [0.3, 0.4) is 0 Å². The fraction of sp³-hybridized carbons (Fsp3) is 0. The third kappa shape index (κ3) is 5.43. The lowest BCUT2D eigenvalue weighted by Crippen LogP contribution is -1.89. The molecule has 3 aromatic heterocycles. The molecule has 0 amide bonds. The Morgan fingerprint density at radius 1 is 0.183 bits per heavy atom. The van der Waals surface area contributed by atoms with Gasteiger partial charge in [-0.2, -0.15) is 0 Å². The molecule has 0 aliphatic heterocycles. The van der Waals surface area contributed by atoms with E-state index >= 15 is 0 Å². The molecule has 0 saturated heterocycles. The second-order valence-electron chi connectivity index (χ2n) is 19.4. The molecule has 71 heavy (non-hydrogen) atoms. The molecule has 3 heteroatoms. The van der Waals surface area contributed by atoms with Crippen molar-refractivity contribution in [2.75, 3.05) is 0 Å². The normalized spacial score (nSPS) is 12.5. The van der Waals surface area contributed by atoms with Crippen molar-refractivity contribution in [3.05, 3.63) is 218 Å². The Hall–Kier alpha value is -8.18. The molecule has 0 unspecified atom stereocenters. The topological polar surface area (TPSA) is 0 Å². The van der Waals surface area contributed by atoms with Gasteiger partial charge in [-0.15, -0.1) is 34.0 Å². The minimum absolute atomic E-state index is 1.25. The summed E-state index contributed by atoms with van der Waals surface area (Å²) in [6.07, 6.45) is 0. The Kier molecular flexibility index (Phi) is 7.74. The lowest BCUT2D eigenvalue weighted by molar-refractivity contribution is 1.70. The van der Waals surface area contributed by atoms with Gasteiger partial charge in [0.1, 0.15) is 0 Å². The first-order chi connectivity index (χ1) is 35.1. The zero-order chi connectivity index (χ0) is 46.1. The van der Waals surface area contributed by atoms with E-state index < -0.39 is 0 Å². The Morgan fingerprint density at radius 2 is 0.437 bits per heavy atom. The molecule has 17 aromatic rings. The van der Waals surface area contributed by atoms with E-state index in [1.54, 1.807) is 0 Å². The summed E-state index contributed by atoms with van der Waals surface area (Å²) in [7, 11) is 0. The summed E-state index contributed by atoms with van der Waals surface area (Å²) in [4.78, 5) is 0. The summed E-state index contributed by atoms with van der Waals surface area (Å²) in [5.74, 6) is 0. The van der Waals surface area contributed by atoms with Crippen molar-refractivity contribution >= 4 is 159 Å². The molecule has 0 fully saturated rings. The number of hydrogen-bond acceptors (Lipinski definition) is 3. The maximum atomic E-state index is 2.46. The van der Waals surface area contributed by atoms with E-state index in [2.05, 4.69) is 218 Å². The van der Waals surface area contributed by atoms with Gasteiger partial charge in [0.05, 0.1) is 0 Å². The number of hydrogen-bond donors (Lipinski definition) is 0. The van der Waals surface area contributed by atoms with E-state index in [0.717, 1.165) is 0 Å². The molecule has 0 aliphatic carbocycles. The van der Waals surface area contributed by atoms with E-state index in [-0.39, 0.29) is 0 Å². The second kappa shape index (κ2) is 14.2. The summed E-state index contributed by atoms with van der Waals surface area (Å²) in [5, 5.41) is 23.7. The zero-order valence-corrected chi connectivity index (χ0v) is 40.5. The average molecular weight is 949 g/mol. The van der Waals surface area contributed by atoms with Crippen molar-refractivity contribution in [1.29, 1.82) is 0 Å². The van der Waals surface area contributed by atoms with Crippen LogP contribution >= 0.6 is 34.0 Å². The fourth-order valence-corrected chi connectivity index (χ4v) is 15.7. The van der Waals surface area contributed by atoms with Gasteiger partial charge in [0.15, 0.2) is 0 Å². The van der Waals surface area contributed by atoms with E-state index in [0.29, 0.717) is 0 Å². The van der Waals surface area contributed by atoms with E-state index in [1.165, 1.54) is 170 Å². The van der Waals surface area contributed by atoms with Crippen LogP contribution in [0.2, 0.25) is 0 Å². The second-order valence-corrected chi connectivity index (χ2v) is 22.7. The first kappa shape index (κ1) is 38.6. The van der Waals surface area contributed by atoms with Crippen molar-refractivity contribution in [3.8, 4) is 44.5 Å². The minimum Gasteiger partial charge on any atom is -0.135 e. The Bertz CT molecular complexity index is 4800. The summed E-state index contributed by atoms with van der Waals surface area (Å²) in [6, 6.07) is 83.4. The van der Waals surface area contributed by atoms with Gasteiger partial charge in [0.2, 0.25) is 0 Å². The highest BCUT2D eigenvalue weighted by Crippen LogP contribution is 2.48. The molecular formula is C68H36S3. The van der Waals surface area contributed by atoms with Crippen LogP contribution in [0, 0.1) is 0 Å². The SMILES string of the molecule is c1ccc2c(c1)sc1ccc(-c3ccc4ccc5c(-c6ccc7sc8ccc(-c9ccc%10ccc%11c(-c%12ccc%13sc%14ccccc%14c%13c%12)ccc%12ccc9c%10c%12%11)cc8c7c6)ccc6ccc3c4c65)cc12. The first-order valence-corrected chi connectivity index (χ1v) is 26.8. The average Bonchev–Trinajstić information content (AvgIpc) is 4.12. The molecule has 0 N–H and O–H groups in total. The van der Waals surface area contributed by atoms with Crippen LogP contribution in [-0.2, 0) is 0 Å². The van der Waals surface area contributed by atoms with Gasteiger partial charge >= 0.3 is 0 Å². The summed E-state index contributed by atoms with van der Waals surface area (Å²) in [6.45, 7) is 0. The molecule has 0 saturated carbocycles. The molecule has 0 nitrogen and oxygen atoms in total. The predicted molar refractivity (Wildman–Crippen MR) is 314 cm³/mol. The third-order valence-electron chi connectivity index (χ3n) is 15.8. The highest BCUT2D eigenvalue weighted by molar-refractivity contribution is 7.26. The summed E-state index contributed by atoms with van der Waals surface area (Å²) >= 11 is 5.65. The number of benzene rings is 14. The molecule has 0 bridgehead atoms. The van der Waals surface area contributed by atoms with Gasteiger partial charge in [-0.1, -0.05) is 158 Å². The van der Waals surface area contributed by atoms with Crippen LogP contribution < -0.4 is 0 Å². The minimum atomic E-state index is 1.25. The fourth-order valence-electron chi connectivity index (χ4n) is 12.5. The van der Waals surface area contributed by atoms with Crippen LogP contribution in [-0.4, -0.2) is 0 Å². The van der Waals surface area contributed by atoms with Crippen LogP contribution in [0.25, 0.3) is 170 Å². The number of rotatable bonds is 4. The number of fused-ring (bicyclic) bond motifs is 9. The molecule has 14 aromatic carbocycles. The van der Waals surface area contributed by atoms with Crippen molar-refractivity contribution < 1.29 is 0 Å². The van der Waals surface area contributed by atoms with Gasteiger partial charge in [-0.25, -0.2) is 0 Å². The van der Waals surface area contributed by atoms with E-state index in [4.69, 9.17) is 0 Å². The molecule has 0 spiro atoms. The molecular weight excluding hydrogens is 913 g/mol. The van der Waals surface area contributed by atoms with Crippen molar-refractivity contribution in [1.82, 2.24) is 0 Å². The third-order valence-corrected chi connectivity index (χ3v) is 19.3. The summed E-state index contributed by atoms with van der Waals surface area (Å²) in [5.41, 5.74) is 10.1. The lowest BCUT2D eigenvalue weighted by atomic mass is 9.86.